The number of hydrogen-bond donors (Lipinski definition) is 2. The molecule has 0 aromatic rings. The molecule has 2 saturated carbocycles. The highest BCUT2D eigenvalue weighted by molar-refractivity contribution is 5.86. The van der Waals surface area contributed by atoms with Gasteiger partial charge in [0, 0.05) is 6.54 Å². The van der Waals surface area contributed by atoms with E-state index in [9.17, 15) is 4.79 Å². The maximum absolute atomic E-state index is 12.0. The van der Waals surface area contributed by atoms with Gasteiger partial charge in [-0.05, 0) is 49.9 Å². The number of rotatable bonds is 5. The summed E-state index contributed by atoms with van der Waals surface area (Å²) in [6.45, 7) is 7.15. The Kier molecular flexibility index (Phi) is 2.77. The van der Waals surface area contributed by atoms with E-state index in [4.69, 9.17) is 5.73 Å². The van der Waals surface area contributed by atoms with Crippen LogP contribution >= 0.6 is 0 Å². The molecular formula is C13H24N2O. The molecule has 2 aliphatic rings. The zero-order chi connectivity index (χ0) is 12.0. The molecule has 2 fully saturated rings. The molecule has 2 rings (SSSR count). The highest BCUT2D eigenvalue weighted by Gasteiger charge is 2.48. The Labute approximate surface area is 98.2 Å². The maximum Gasteiger partial charge on any atom is 0.240 e. The summed E-state index contributed by atoms with van der Waals surface area (Å²) in [7, 11) is 0. The largest absolute Gasteiger partial charge is 0.354 e. The standard InChI is InChI=1S/C13H24N2O/c1-9(2)13(6-7-13)8-15-11(16)12(3,14)10-4-5-10/h9-10H,4-8,14H2,1-3H3,(H,15,16). The molecule has 0 heterocycles. The second kappa shape index (κ2) is 3.73. The number of nitrogens with one attached hydrogen (secondary N) is 1. The molecule has 0 spiro atoms. The van der Waals surface area contributed by atoms with Crippen LogP contribution in [-0.2, 0) is 4.79 Å². The normalized spacial score (nSPS) is 26.3. The van der Waals surface area contributed by atoms with E-state index in [1.165, 1.54) is 12.8 Å². The van der Waals surface area contributed by atoms with Gasteiger partial charge in [0.15, 0.2) is 0 Å². The lowest BCUT2D eigenvalue weighted by Gasteiger charge is -2.26. The lowest BCUT2D eigenvalue weighted by Crippen LogP contribution is -2.54. The van der Waals surface area contributed by atoms with Gasteiger partial charge in [0.25, 0.3) is 0 Å². The number of carbonyl (C=O) groups excluding carboxylic acids is 1. The van der Waals surface area contributed by atoms with Crippen LogP contribution in [0.1, 0.15) is 46.5 Å². The molecular weight excluding hydrogens is 200 g/mol. The van der Waals surface area contributed by atoms with Gasteiger partial charge in [-0.3, -0.25) is 4.79 Å². The zero-order valence-corrected chi connectivity index (χ0v) is 10.7. The number of hydrogen-bond acceptors (Lipinski definition) is 2. The molecule has 1 unspecified atom stereocenters. The van der Waals surface area contributed by atoms with Gasteiger partial charge in [0.05, 0.1) is 5.54 Å². The van der Waals surface area contributed by atoms with E-state index in [0.29, 0.717) is 17.3 Å². The second-order valence-electron chi connectivity index (χ2n) is 6.26. The zero-order valence-electron chi connectivity index (χ0n) is 10.7. The van der Waals surface area contributed by atoms with Crippen LogP contribution in [0.5, 0.6) is 0 Å². The Morgan fingerprint density at radius 1 is 1.50 bits per heavy atom. The van der Waals surface area contributed by atoms with Crippen LogP contribution in [0.3, 0.4) is 0 Å². The summed E-state index contributed by atoms with van der Waals surface area (Å²) in [5, 5.41) is 3.06. The van der Waals surface area contributed by atoms with Gasteiger partial charge in [0.2, 0.25) is 5.91 Å². The summed E-state index contributed by atoms with van der Waals surface area (Å²) < 4.78 is 0. The minimum absolute atomic E-state index is 0.0434. The van der Waals surface area contributed by atoms with Gasteiger partial charge in [-0.1, -0.05) is 13.8 Å². The molecule has 3 heteroatoms. The van der Waals surface area contributed by atoms with Crippen molar-refractivity contribution in [2.75, 3.05) is 6.54 Å². The van der Waals surface area contributed by atoms with Gasteiger partial charge in [-0.2, -0.15) is 0 Å². The van der Waals surface area contributed by atoms with Crippen molar-refractivity contribution in [3.05, 3.63) is 0 Å². The van der Waals surface area contributed by atoms with E-state index in [2.05, 4.69) is 19.2 Å². The third-order valence-corrected chi connectivity index (χ3v) is 4.63. The van der Waals surface area contributed by atoms with Gasteiger partial charge in [-0.15, -0.1) is 0 Å². The Morgan fingerprint density at radius 2 is 2.06 bits per heavy atom. The van der Waals surface area contributed by atoms with Crippen LogP contribution in [0, 0.1) is 17.3 Å². The van der Waals surface area contributed by atoms with Gasteiger partial charge >= 0.3 is 0 Å². The summed E-state index contributed by atoms with van der Waals surface area (Å²) in [6, 6.07) is 0. The summed E-state index contributed by atoms with van der Waals surface area (Å²) in [6.07, 6.45) is 4.71. The van der Waals surface area contributed by atoms with Gasteiger partial charge in [-0.25, -0.2) is 0 Å². The average molecular weight is 224 g/mol. The van der Waals surface area contributed by atoms with E-state index in [1.54, 1.807) is 0 Å². The third-order valence-electron chi connectivity index (χ3n) is 4.63. The van der Waals surface area contributed by atoms with Crippen molar-refractivity contribution in [1.29, 1.82) is 0 Å². The fourth-order valence-corrected chi connectivity index (χ4v) is 2.43. The molecule has 0 aromatic carbocycles. The second-order valence-corrected chi connectivity index (χ2v) is 6.26. The highest BCUT2D eigenvalue weighted by Crippen LogP contribution is 2.51. The van der Waals surface area contributed by atoms with Crippen molar-refractivity contribution in [2.24, 2.45) is 23.0 Å². The predicted molar refractivity (Wildman–Crippen MR) is 64.8 cm³/mol. The van der Waals surface area contributed by atoms with Crippen LogP contribution in [0.4, 0.5) is 0 Å². The minimum Gasteiger partial charge on any atom is -0.354 e. The third kappa shape index (κ3) is 2.10. The first-order chi connectivity index (χ1) is 7.38. The fourth-order valence-electron chi connectivity index (χ4n) is 2.43. The summed E-state index contributed by atoms with van der Waals surface area (Å²) >= 11 is 0. The molecule has 0 aromatic heterocycles. The van der Waals surface area contributed by atoms with Crippen LogP contribution in [-0.4, -0.2) is 18.0 Å². The number of carbonyl (C=O) groups is 1. The lowest BCUT2D eigenvalue weighted by atomic mass is 9.91. The van der Waals surface area contributed by atoms with Crippen molar-refractivity contribution in [2.45, 2.75) is 52.0 Å². The number of amides is 1. The molecule has 0 radical (unpaired) electrons. The van der Waals surface area contributed by atoms with Gasteiger partial charge < -0.3 is 11.1 Å². The Bertz CT molecular complexity index is 288. The SMILES string of the molecule is CC(C)C1(CNC(=O)C(C)(N)C2CC2)CC1. The van der Waals surface area contributed by atoms with E-state index in [0.717, 1.165) is 19.4 Å². The van der Waals surface area contributed by atoms with E-state index in [1.807, 2.05) is 6.92 Å². The van der Waals surface area contributed by atoms with Gasteiger partial charge in [0.1, 0.15) is 0 Å². The molecule has 16 heavy (non-hydrogen) atoms. The first-order valence-electron chi connectivity index (χ1n) is 6.46. The predicted octanol–water partition coefficient (Wildman–Crippen LogP) is 1.67. The van der Waals surface area contributed by atoms with Crippen molar-refractivity contribution in [3.63, 3.8) is 0 Å². The van der Waals surface area contributed by atoms with E-state index in [-0.39, 0.29) is 5.91 Å². The molecule has 3 N–H and O–H groups in total. The molecule has 1 atom stereocenters. The quantitative estimate of drug-likeness (QED) is 0.746. The summed E-state index contributed by atoms with van der Waals surface area (Å²) in [5.41, 5.74) is 5.80. The smallest absolute Gasteiger partial charge is 0.240 e. The Hall–Kier alpha value is -0.570. The number of nitrogens with two attached hydrogens (primary N) is 1. The molecule has 3 nitrogen and oxygen atoms in total. The van der Waals surface area contributed by atoms with Crippen molar-refractivity contribution in [3.8, 4) is 0 Å². The molecule has 2 aliphatic carbocycles. The molecule has 1 amide bonds. The summed E-state index contributed by atoms with van der Waals surface area (Å²) in [5.74, 6) is 1.10. The van der Waals surface area contributed by atoms with E-state index < -0.39 is 5.54 Å². The molecule has 0 bridgehead atoms. The first-order valence-corrected chi connectivity index (χ1v) is 6.46. The van der Waals surface area contributed by atoms with Crippen LogP contribution in [0.15, 0.2) is 0 Å². The van der Waals surface area contributed by atoms with Crippen molar-refractivity contribution >= 4 is 5.91 Å². The monoisotopic (exact) mass is 224 g/mol. The Balaban J connectivity index is 1.84. The molecule has 0 aliphatic heterocycles. The van der Waals surface area contributed by atoms with E-state index >= 15 is 0 Å². The average Bonchev–Trinajstić information content (AvgIpc) is 3.03. The molecule has 0 saturated heterocycles. The maximum atomic E-state index is 12.0. The van der Waals surface area contributed by atoms with Crippen LogP contribution in [0.25, 0.3) is 0 Å². The van der Waals surface area contributed by atoms with Crippen molar-refractivity contribution < 1.29 is 4.79 Å². The topological polar surface area (TPSA) is 55.1 Å². The molecule has 92 valence electrons. The van der Waals surface area contributed by atoms with Crippen LogP contribution < -0.4 is 11.1 Å². The Morgan fingerprint density at radius 3 is 2.44 bits per heavy atom. The van der Waals surface area contributed by atoms with Crippen molar-refractivity contribution in [1.82, 2.24) is 5.32 Å². The summed E-state index contributed by atoms with van der Waals surface area (Å²) in [4.78, 5) is 12.0. The minimum atomic E-state index is -0.646. The first kappa shape index (κ1) is 11.9. The lowest BCUT2D eigenvalue weighted by molar-refractivity contribution is -0.126. The van der Waals surface area contributed by atoms with Crippen LogP contribution in [0.2, 0.25) is 0 Å². The fraction of sp³-hybridized carbons (Fsp3) is 0.923. The highest BCUT2D eigenvalue weighted by atomic mass is 16.2.